The molecular weight excluding hydrogens is 504 g/mol. The molecule has 0 unspecified atom stereocenters. The van der Waals surface area contributed by atoms with Gasteiger partial charge in [-0.2, -0.15) is 5.10 Å². The van der Waals surface area contributed by atoms with Crippen LogP contribution in [-0.2, 0) is 17.8 Å². The summed E-state index contributed by atoms with van der Waals surface area (Å²) in [5.74, 6) is 0.553. The SMILES string of the molecule is CN1CCN([C@@H]2CCCN(c3cnc(C(N)=O)c(Nc4cc5n(n4)CCN(C(=O)OC(C)(C)C)C5)n3)C2)C1=O. The van der Waals surface area contributed by atoms with Gasteiger partial charge in [-0.05, 0) is 33.6 Å². The van der Waals surface area contributed by atoms with Gasteiger partial charge in [-0.25, -0.2) is 19.6 Å². The van der Waals surface area contributed by atoms with Crippen molar-refractivity contribution in [1.82, 2.24) is 34.4 Å². The number of rotatable bonds is 5. The molecule has 2 aromatic rings. The number of nitrogens with two attached hydrogens (primary N) is 1. The molecule has 2 saturated heterocycles. The van der Waals surface area contributed by atoms with Gasteiger partial charge in [0, 0.05) is 45.8 Å². The minimum atomic E-state index is -0.709. The number of primary amides is 1. The van der Waals surface area contributed by atoms with Crippen molar-refractivity contribution in [2.75, 3.05) is 50.0 Å². The second-order valence-corrected chi connectivity index (χ2v) is 11.2. The van der Waals surface area contributed by atoms with Crippen LogP contribution in [-0.4, -0.2) is 104 Å². The summed E-state index contributed by atoms with van der Waals surface area (Å²) in [5.41, 5.74) is 5.85. The van der Waals surface area contributed by atoms with Crippen molar-refractivity contribution >= 4 is 35.5 Å². The highest BCUT2D eigenvalue weighted by Crippen LogP contribution is 2.27. The summed E-state index contributed by atoms with van der Waals surface area (Å²) >= 11 is 0. The summed E-state index contributed by atoms with van der Waals surface area (Å²) in [6.07, 6.45) is 3.00. The number of amides is 4. The van der Waals surface area contributed by atoms with E-state index in [1.54, 1.807) is 16.0 Å². The predicted octanol–water partition coefficient (Wildman–Crippen LogP) is 1.60. The summed E-state index contributed by atoms with van der Waals surface area (Å²) in [4.78, 5) is 53.6. The predicted molar refractivity (Wildman–Crippen MR) is 143 cm³/mol. The number of likely N-dealkylation sites (N-methyl/N-ethyl adjacent to an activating group) is 1. The molecule has 0 saturated carbocycles. The number of ether oxygens (including phenoxy) is 1. The van der Waals surface area contributed by atoms with Gasteiger partial charge in [-0.15, -0.1) is 0 Å². The Morgan fingerprint density at radius 2 is 1.95 bits per heavy atom. The standard InChI is InChI=1S/C25H36N10O4/c1-25(2,3)39-24(38)33-9-11-35-17(15-33)12-18(30-35)28-22-20(21(26)36)27-13-19(29-22)32-7-5-6-16(14-32)34-10-8-31(4)23(34)37/h12-13,16H,5-11,14-15H2,1-4H3,(H2,26,36)(H,28,29,30)/t16-/m1/s1. The van der Waals surface area contributed by atoms with Gasteiger partial charge in [0.15, 0.2) is 17.3 Å². The van der Waals surface area contributed by atoms with Crippen LogP contribution in [0.2, 0.25) is 0 Å². The number of hydrogen-bond acceptors (Lipinski definition) is 9. The summed E-state index contributed by atoms with van der Waals surface area (Å²) < 4.78 is 7.31. The van der Waals surface area contributed by atoms with Gasteiger partial charge in [-0.1, -0.05) is 0 Å². The summed E-state index contributed by atoms with van der Waals surface area (Å²) in [6.45, 7) is 9.64. The second kappa shape index (κ2) is 10.2. The number of carbonyl (C=O) groups is 3. The Kier molecular flexibility index (Phi) is 6.95. The number of hydrogen-bond donors (Lipinski definition) is 2. The molecule has 0 aliphatic carbocycles. The topological polar surface area (TPSA) is 155 Å². The maximum atomic E-state index is 12.5. The Morgan fingerprint density at radius 1 is 1.15 bits per heavy atom. The maximum Gasteiger partial charge on any atom is 0.410 e. The Hall–Kier alpha value is -4.10. The van der Waals surface area contributed by atoms with Crippen LogP contribution >= 0.6 is 0 Å². The largest absolute Gasteiger partial charge is 0.444 e. The molecule has 2 aromatic heterocycles. The lowest BCUT2D eigenvalue weighted by molar-refractivity contribution is 0.0194. The molecule has 0 aromatic carbocycles. The molecule has 0 bridgehead atoms. The van der Waals surface area contributed by atoms with Crippen molar-refractivity contribution in [3.05, 3.63) is 23.7 Å². The first kappa shape index (κ1) is 26.5. The van der Waals surface area contributed by atoms with Crippen molar-refractivity contribution in [2.45, 2.75) is 58.3 Å². The number of urea groups is 1. The minimum absolute atomic E-state index is 0.00464. The van der Waals surface area contributed by atoms with E-state index >= 15 is 0 Å². The molecule has 3 aliphatic heterocycles. The summed E-state index contributed by atoms with van der Waals surface area (Å²) in [5, 5.41) is 7.69. The van der Waals surface area contributed by atoms with Crippen LogP contribution < -0.4 is 16.0 Å². The first-order valence-corrected chi connectivity index (χ1v) is 13.2. The number of nitrogens with one attached hydrogen (secondary N) is 1. The molecule has 0 radical (unpaired) electrons. The van der Waals surface area contributed by atoms with Gasteiger partial charge in [0.25, 0.3) is 5.91 Å². The molecule has 14 heteroatoms. The third-order valence-electron chi connectivity index (χ3n) is 7.10. The molecule has 0 spiro atoms. The number of carbonyl (C=O) groups excluding carboxylic acids is 3. The van der Waals surface area contributed by atoms with Crippen LogP contribution in [0.5, 0.6) is 0 Å². The number of nitrogens with zero attached hydrogens (tertiary/aromatic N) is 8. The highest BCUT2D eigenvalue weighted by atomic mass is 16.6. The van der Waals surface area contributed by atoms with Gasteiger partial charge in [0.1, 0.15) is 11.4 Å². The highest BCUT2D eigenvalue weighted by Gasteiger charge is 2.35. The summed E-state index contributed by atoms with van der Waals surface area (Å²) in [7, 11) is 1.82. The zero-order valence-corrected chi connectivity index (χ0v) is 22.9. The van der Waals surface area contributed by atoms with E-state index in [2.05, 4.69) is 20.3 Å². The normalized spacial score (nSPS) is 19.8. The van der Waals surface area contributed by atoms with E-state index in [-0.39, 0.29) is 29.7 Å². The van der Waals surface area contributed by atoms with Gasteiger partial charge in [0.2, 0.25) is 0 Å². The smallest absolute Gasteiger partial charge is 0.410 e. The fourth-order valence-corrected chi connectivity index (χ4v) is 5.15. The molecule has 1 atom stereocenters. The number of anilines is 3. The summed E-state index contributed by atoms with van der Waals surface area (Å²) in [6, 6.07) is 1.94. The number of piperidine rings is 1. The fraction of sp³-hybridized carbons (Fsp3) is 0.600. The molecule has 5 heterocycles. The molecule has 3 N–H and O–H groups in total. The molecule has 210 valence electrons. The average molecular weight is 541 g/mol. The van der Waals surface area contributed by atoms with Crippen LogP contribution in [0.3, 0.4) is 0 Å². The molecule has 2 fully saturated rings. The van der Waals surface area contributed by atoms with Gasteiger partial charge >= 0.3 is 12.1 Å². The quantitative estimate of drug-likeness (QED) is 0.575. The first-order valence-electron chi connectivity index (χ1n) is 13.2. The monoisotopic (exact) mass is 540 g/mol. The zero-order chi connectivity index (χ0) is 27.9. The van der Waals surface area contributed by atoms with Crippen molar-refractivity contribution in [1.29, 1.82) is 0 Å². The lowest BCUT2D eigenvalue weighted by Crippen LogP contribution is -2.49. The van der Waals surface area contributed by atoms with Crippen molar-refractivity contribution in [2.24, 2.45) is 5.73 Å². The lowest BCUT2D eigenvalue weighted by Gasteiger charge is -2.37. The third kappa shape index (κ3) is 5.68. The Morgan fingerprint density at radius 3 is 2.64 bits per heavy atom. The molecule has 5 rings (SSSR count). The van der Waals surface area contributed by atoms with Crippen molar-refractivity contribution in [3.63, 3.8) is 0 Å². The van der Waals surface area contributed by atoms with Crippen LogP contribution in [0, 0.1) is 0 Å². The number of aromatic nitrogens is 4. The van der Waals surface area contributed by atoms with E-state index in [4.69, 9.17) is 15.5 Å². The third-order valence-corrected chi connectivity index (χ3v) is 7.10. The Labute approximate surface area is 227 Å². The van der Waals surface area contributed by atoms with E-state index in [1.807, 2.05) is 43.5 Å². The lowest BCUT2D eigenvalue weighted by atomic mass is 10.0. The molecule has 39 heavy (non-hydrogen) atoms. The van der Waals surface area contributed by atoms with Crippen LogP contribution in [0.4, 0.5) is 27.0 Å². The van der Waals surface area contributed by atoms with E-state index < -0.39 is 11.5 Å². The van der Waals surface area contributed by atoms with E-state index in [1.165, 1.54) is 0 Å². The van der Waals surface area contributed by atoms with Crippen LogP contribution in [0.1, 0.15) is 49.8 Å². The van der Waals surface area contributed by atoms with Gasteiger partial charge in [0.05, 0.1) is 31.0 Å². The van der Waals surface area contributed by atoms with Crippen LogP contribution in [0.25, 0.3) is 0 Å². The van der Waals surface area contributed by atoms with Gasteiger partial charge in [-0.3, -0.25) is 9.48 Å². The number of fused-ring (bicyclic) bond motifs is 1. The van der Waals surface area contributed by atoms with Crippen molar-refractivity contribution in [3.8, 4) is 0 Å². The van der Waals surface area contributed by atoms with Gasteiger partial charge < -0.3 is 35.4 Å². The van der Waals surface area contributed by atoms with E-state index in [9.17, 15) is 14.4 Å². The second-order valence-electron chi connectivity index (χ2n) is 11.2. The molecular formula is C25H36N10O4. The Bertz CT molecular complexity index is 1270. The fourth-order valence-electron chi connectivity index (χ4n) is 5.15. The van der Waals surface area contributed by atoms with E-state index in [0.717, 1.165) is 31.6 Å². The zero-order valence-electron chi connectivity index (χ0n) is 22.9. The van der Waals surface area contributed by atoms with E-state index in [0.29, 0.717) is 44.4 Å². The highest BCUT2D eigenvalue weighted by molar-refractivity contribution is 5.96. The minimum Gasteiger partial charge on any atom is -0.444 e. The first-order chi connectivity index (χ1) is 18.5. The molecule has 4 amide bonds. The van der Waals surface area contributed by atoms with Crippen LogP contribution in [0.15, 0.2) is 12.3 Å². The van der Waals surface area contributed by atoms with Crippen molar-refractivity contribution < 1.29 is 19.1 Å². The molecule has 14 nitrogen and oxygen atoms in total. The maximum absolute atomic E-state index is 12.5. The molecule has 3 aliphatic rings. The average Bonchev–Trinajstić information content (AvgIpc) is 3.44. The Balaban J connectivity index is 1.32.